The number of aromatic amines is 1. The summed E-state index contributed by atoms with van der Waals surface area (Å²) in [7, 11) is 0. The first-order valence-electron chi connectivity index (χ1n) is 7.05. The fourth-order valence-electron chi connectivity index (χ4n) is 2.78. The van der Waals surface area contributed by atoms with Crippen LogP contribution in [0.3, 0.4) is 0 Å². The summed E-state index contributed by atoms with van der Waals surface area (Å²) in [6.45, 7) is 4.23. The minimum atomic E-state index is -0.196. The normalized spacial score (nSPS) is 26.6. The third-order valence-electron chi connectivity index (χ3n) is 4.13. The standard InChI is InChI=1S/C14H23N3O2/c1-3-5-10-8-11(17-16-10)13(19)15-12-6-4-7-14(12,2)9-18/h8,12,18H,3-7,9H2,1-2H3,(H,15,19)(H,16,17). The second-order valence-electron chi connectivity index (χ2n) is 5.76. The van der Waals surface area contributed by atoms with E-state index in [4.69, 9.17) is 0 Å². The molecular weight excluding hydrogens is 242 g/mol. The van der Waals surface area contributed by atoms with E-state index in [0.29, 0.717) is 5.69 Å². The van der Waals surface area contributed by atoms with Crippen LogP contribution in [0.1, 0.15) is 55.7 Å². The molecule has 106 valence electrons. The van der Waals surface area contributed by atoms with Crippen LogP contribution in [0.4, 0.5) is 0 Å². The van der Waals surface area contributed by atoms with Gasteiger partial charge in [-0.3, -0.25) is 9.89 Å². The van der Waals surface area contributed by atoms with Gasteiger partial charge in [-0.25, -0.2) is 0 Å². The summed E-state index contributed by atoms with van der Waals surface area (Å²) in [4.78, 5) is 12.1. The molecule has 0 aliphatic heterocycles. The molecule has 0 aromatic carbocycles. The Balaban J connectivity index is 2.00. The molecule has 1 saturated carbocycles. The van der Waals surface area contributed by atoms with Crippen molar-refractivity contribution in [2.75, 3.05) is 6.61 Å². The third kappa shape index (κ3) is 2.97. The number of aryl methyl sites for hydroxylation is 1. The van der Waals surface area contributed by atoms with Crippen LogP contribution in [-0.4, -0.2) is 33.9 Å². The van der Waals surface area contributed by atoms with Crippen LogP contribution in [0.25, 0.3) is 0 Å². The maximum absolute atomic E-state index is 12.1. The Bertz CT molecular complexity index is 444. The number of H-pyrrole nitrogens is 1. The number of aliphatic hydroxyl groups excluding tert-OH is 1. The van der Waals surface area contributed by atoms with Crippen LogP contribution in [-0.2, 0) is 6.42 Å². The van der Waals surface area contributed by atoms with Gasteiger partial charge in [0.15, 0.2) is 0 Å². The maximum Gasteiger partial charge on any atom is 0.272 e. The number of nitrogens with zero attached hydrogens (tertiary/aromatic N) is 1. The van der Waals surface area contributed by atoms with Crippen LogP contribution < -0.4 is 5.32 Å². The van der Waals surface area contributed by atoms with E-state index in [1.165, 1.54) is 0 Å². The lowest BCUT2D eigenvalue weighted by Gasteiger charge is -2.29. The Hall–Kier alpha value is -1.36. The summed E-state index contributed by atoms with van der Waals surface area (Å²) >= 11 is 0. The highest BCUT2D eigenvalue weighted by molar-refractivity contribution is 5.92. The monoisotopic (exact) mass is 265 g/mol. The lowest BCUT2D eigenvalue weighted by molar-refractivity contribution is 0.0826. The van der Waals surface area contributed by atoms with Crippen molar-refractivity contribution in [1.82, 2.24) is 15.5 Å². The van der Waals surface area contributed by atoms with E-state index in [1.54, 1.807) is 0 Å². The number of aliphatic hydroxyl groups is 1. The summed E-state index contributed by atoms with van der Waals surface area (Å²) in [6, 6.07) is 1.85. The van der Waals surface area contributed by atoms with Gasteiger partial charge < -0.3 is 10.4 Å². The SMILES string of the molecule is CCCc1cc(C(=O)NC2CCCC2(C)CO)n[nH]1. The Morgan fingerprint density at radius 2 is 2.47 bits per heavy atom. The van der Waals surface area contributed by atoms with Crippen molar-refractivity contribution in [3.8, 4) is 0 Å². The molecule has 2 rings (SSSR count). The van der Waals surface area contributed by atoms with Gasteiger partial charge in [0.1, 0.15) is 5.69 Å². The molecule has 1 aliphatic rings. The highest BCUT2D eigenvalue weighted by Gasteiger charge is 2.39. The van der Waals surface area contributed by atoms with Crippen LogP contribution in [0.2, 0.25) is 0 Å². The average Bonchev–Trinajstić information content (AvgIpc) is 2.99. The Labute approximate surface area is 113 Å². The number of amides is 1. The summed E-state index contributed by atoms with van der Waals surface area (Å²) in [5.74, 6) is -0.148. The zero-order valence-corrected chi connectivity index (χ0v) is 11.7. The van der Waals surface area contributed by atoms with E-state index in [0.717, 1.165) is 37.8 Å². The van der Waals surface area contributed by atoms with Gasteiger partial charge in [0, 0.05) is 17.2 Å². The lowest BCUT2D eigenvalue weighted by Crippen LogP contribution is -2.44. The van der Waals surface area contributed by atoms with Crippen LogP contribution in [0.5, 0.6) is 0 Å². The zero-order valence-electron chi connectivity index (χ0n) is 11.7. The minimum Gasteiger partial charge on any atom is -0.396 e. The average molecular weight is 265 g/mol. The molecule has 0 radical (unpaired) electrons. The van der Waals surface area contributed by atoms with Crippen molar-refractivity contribution in [1.29, 1.82) is 0 Å². The molecule has 0 bridgehead atoms. The van der Waals surface area contributed by atoms with Crippen molar-refractivity contribution in [3.05, 3.63) is 17.5 Å². The minimum absolute atomic E-state index is 0.0383. The fraction of sp³-hybridized carbons (Fsp3) is 0.714. The molecule has 5 nitrogen and oxygen atoms in total. The van der Waals surface area contributed by atoms with E-state index in [9.17, 15) is 9.90 Å². The first-order valence-corrected chi connectivity index (χ1v) is 7.05. The van der Waals surface area contributed by atoms with E-state index in [-0.39, 0.29) is 24.0 Å². The summed E-state index contributed by atoms with van der Waals surface area (Å²) in [6.07, 6.45) is 4.85. The number of aromatic nitrogens is 2. The molecule has 0 spiro atoms. The number of carbonyl (C=O) groups excluding carboxylic acids is 1. The molecule has 1 aliphatic carbocycles. The van der Waals surface area contributed by atoms with Crippen molar-refractivity contribution in [3.63, 3.8) is 0 Å². The molecule has 0 saturated heterocycles. The quantitative estimate of drug-likeness (QED) is 0.757. The van der Waals surface area contributed by atoms with Gasteiger partial charge >= 0.3 is 0 Å². The molecule has 1 aromatic heterocycles. The van der Waals surface area contributed by atoms with Gasteiger partial charge in [0.25, 0.3) is 5.91 Å². The third-order valence-corrected chi connectivity index (χ3v) is 4.13. The molecule has 1 heterocycles. The molecule has 2 atom stereocenters. The number of hydrogen-bond acceptors (Lipinski definition) is 3. The van der Waals surface area contributed by atoms with Crippen LogP contribution in [0.15, 0.2) is 6.07 Å². The second kappa shape index (κ2) is 5.74. The molecule has 5 heteroatoms. The van der Waals surface area contributed by atoms with Gasteiger partial charge in [0.2, 0.25) is 0 Å². The molecule has 3 N–H and O–H groups in total. The molecule has 1 fully saturated rings. The highest BCUT2D eigenvalue weighted by atomic mass is 16.3. The van der Waals surface area contributed by atoms with E-state index >= 15 is 0 Å². The van der Waals surface area contributed by atoms with Crippen LogP contribution >= 0.6 is 0 Å². The lowest BCUT2D eigenvalue weighted by atomic mass is 9.86. The number of nitrogens with one attached hydrogen (secondary N) is 2. The van der Waals surface area contributed by atoms with Crippen molar-refractivity contribution >= 4 is 5.91 Å². The first kappa shape index (κ1) is 14.1. The maximum atomic E-state index is 12.1. The van der Waals surface area contributed by atoms with Crippen molar-refractivity contribution in [2.24, 2.45) is 5.41 Å². The highest BCUT2D eigenvalue weighted by Crippen LogP contribution is 2.37. The molecular formula is C14H23N3O2. The summed E-state index contributed by atoms with van der Waals surface area (Å²) < 4.78 is 0. The first-order chi connectivity index (χ1) is 9.09. The topological polar surface area (TPSA) is 78.0 Å². The number of hydrogen-bond donors (Lipinski definition) is 3. The van der Waals surface area contributed by atoms with E-state index in [2.05, 4.69) is 22.4 Å². The largest absolute Gasteiger partial charge is 0.396 e. The van der Waals surface area contributed by atoms with Gasteiger partial charge in [-0.2, -0.15) is 5.10 Å². The van der Waals surface area contributed by atoms with Crippen molar-refractivity contribution < 1.29 is 9.90 Å². The molecule has 1 aromatic rings. The van der Waals surface area contributed by atoms with Crippen molar-refractivity contribution in [2.45, 2.75) is 52.0 Å². The van der Waals surface area contributed by atoms with Gasteiger partial charge in [-0.15, -0.1) is 0 Å². The van der Waals surface area contributed by atoms with Gasteiger partial charge in [-0.1, -0.05) is 26.7 Å². The predicted molar refractivity (Wildman–Crippen MR) is 72.9 cm³/mol. The Morgan fingerprint density at radius 3 is 3.16 bits per heavy atom. The molecule has 19 heavy (non-hydrogen) atoms. The summed E-state index contributed by atoms with van der Waals surface area (Å²) in [5.41, 5.74) is 1.23. The fourth-order valence-corrected chi connectivity index (χ4v) is 2.78. The van der Waals surface area contributed by atoms with E-state index < -0.39 is 0 Å². The second-order valence-corrected chi connectivity index (χ2v) is 5.76. The molecule has 2 unspecified atom stereocenters. The Morgan fingerprint density at radius 1 is 1.68 bits per heavy atom. The smallest absolute Gasteiger partial charge is 0.272 e. The number of carbonyl (C=O) groups is 1. The Kier molecular flexibility index (Phi) is 4.24. The van der Waals surface area contributed by atoms with Crippen LogP contribution in [0, 0.1) is 5.41 Å². The van der Waals surface area contributed by atoms with E-state index in [1.807, 2.05) is 13.0 Å². The number of rotatable bonds is 5. The van der Waals surface area contributed by atoms with Gasteiger partial charge in [0.05, 0.1) is 6.61 Å². The van der Waals surface area contributed by atoms with Gasteiger partial charge in [-0.05, 0) is 25.3 Å². The molecule has 1 amide bonds. The summed E-state index contributed by atoms with van der Waals surface area (Å²) in [5, 5.41) is 19.4. The predicted octanol–water partition coefficient (Wildman–Crippen LogP) is 1.64. The zero-order chi connectivity index (χ0) is 13.9.